The van der Waals surface area contributed by atoms with Crippen LogP contribution in [0.3, 0.4) is 0 Å². The van der Waals surface area contributed by atoms with Gasteiger partial charge in [0.05, 0.1) is 12.7 Å². The van der Waals surface area contributed by atoms with Gasteiger partial charge in [-0.15, -0.1) is 0 Å². The van der Waals surface area contributed by atoms with Crippen LogP contribution >= 0.6 is 0 Å². The van der Waals surface area contributed by atoms with Gasteiger partial charge in [-0.05, 0) is 29.8 Å². The molecular weight excluding hydrogens is 314 g/mol. The van der Waals surface area contributed by atoms with Crippen molar-refractivity contribution < 1.29 is 18.3 Å². The first-order valence-electron chi connectivity index (χ1n) is 7.99. The molecule has 6 heteroatoms. The molecule has 1 saturated heterocycles. The summed E-state index contributed by atoms with van der Waals surface area (Å²) in [5.74, 6) is 0.163. The standard InChI is InChI=1S/C18H20F2N2O2/c19-18(20)24-16-6-4-14(5-7-16)17-13-22(11-12-23-17)10-8-15-3-1-2-9-21-15/h1-7,9,17-18H,8,10-13H2. The van der Waals surface area contributed by atoms with Crippen molar-refractivity contribution in [3.05, 3.63) is 59.9 Å². The maximum Gasteiger partial charge on any atom is 0.387 e. The predicted molar refractivity (Wildman–Crippen MR) is 86.1 cm³/mol. The first-order chi connectivity index (χ1) is 11.7. The second-order valence-corrected chi connectivity index (χ2v) is 5.68. The van der Waals surface area contributed by atoms with Crippen LogP contribution in [-0.4, -0.2) is 42.7 Å². The van der Waals surface area contributed by atoms with Crippen LogP contribution in [-0.2, 0) is 11.2 Å². The molecule has 2 heterocycles. The maximum absolute atomic E-state index is 12.2. The zero-order chi connectivity index (χ0) is 16.8. The first-order valence-corrected chi connectivity index (χ1v) is 7.99. The fourth-order valence-corrected chi connectivity index (χ4v) is 2.79. The first kappa shape index (κ1) is 16.8. The molecule has 0 saturated carbocycles. The van der Waals surface area contributed by atoms with Gasteiger partial charge >= 0.3 is 6.61 Å². The van der Waals surface area contributed by atoms with Crippen LogP contribution in [0.15, 0.2) is 48.7 Å². The molecule has 1 aliphatic heterocycles. The van der Waals surface area contributed by atoms with Crippen LogP contribution in [0.5, 0.6) is 5.75 Å². The highest BCUT2D eigenvalue weighted by molar-refractivity contribution is 5.29. The summed E-state index contributed by atoms with van der Waals surface area (Å²) in [6.45, 7) is 0.438. The summed E-state index contributed by atoms with van der Waals surface area (Å²) in [5.41, 5.74) is 2.05. The number of ether oxygens (including phenoxy) is 2. The SMILES string of the molecule is FC(F)Oc1ccc(C2CN(CCc3ccccn3)CCO2)cc1. The highest BCUT2D eigenvalue weighted by Gasteiger charge is 2.22. The van der Waals surface area contributed by atoms with Crippen molar-refractivity contribution >= 4 is 0 Å². The van der Waals surface area contributed by atoms with E-state index in [2.05, 4.69) is 14.6 Å². The number of morpholine rings is 1. The zero-order valence-corrected chi connectivity index (χ0v) is 13.3. The Kier molecular flexibility index (Phi) is 5.72. The minimum Gasteiger partial charge on any atom is -0.435 e. The van der Waals surface area contributed by atoms with Crippen LogP contribution in [0.2, 0.25) is 0 Å². The largest absolute Gasteiger partial charge is 0.435 e. The van der Waals surface area contributed by atoms with Crippen molar-refractivity contribution in [2.45, 2.75) is 19.1 Å². The Hall–Kier alpha value is -2.05. The van der Waals surface area contributed by atoms with E-state index < -0.39 is 6.61 Å². The van der Waals surface area contributed by atoms with Gasteiger partial charge in [0, 0.05) is 37.9 Å². The van der Waals surface area contributed by atoms with E-state index in [0.717, 1.165) is 37.3 Å². The third-order valence-electron chi connectivity index (χ3n) is 4.04. The number of pyridine rings is 1. The lowest BCUT2D eigenvalue weighted by molar-refractivity contribution is -0.0500. The van der Waals surface area contributed by atoms with E-state index >= 15 is 0 Å². The van der Waals surface area contributed by atoms with Crippen LogP contribution in [0.1, 0.15) is 17.4 Å². The summed E-state index contributed by atoms with van der Waals surface area (Å²) in [6.07, 6.45) is 2.65. The van der Waals surface area contributed by atoms with Crippen LogP contribution < -0.4 is 4.74 Å². The number of rotatable bonds is 6. The molecule has 1 aliphatic rings. The van der Waals surface area contributed by atoms with E-state index in [-0.39, 0.29) is 11.9 Å². The number of halogens is 2. The van der Waals surface area contributed by atoms with Crippen molar-refractivity contribution in [3.63, 3.8) is 0 Å². The molecule has 0 amide bonds. The lowest BCUT2D eigenvalue weighted by Gasteiger charge is -2.33. The molecule has 1 atom stereocenters. The molecule has 1 aromatic heterocycles. The normalized spacial score (nSPS) is 18.7. The van der Waals surface area contributed by atoms with E-state index in [4.69, 9.17) is 4.74 Å². The molecule has 2 aromatic rings. The van der Waals surface area contributed by atoms with Crippen molar-refractivity contribution in [1.29, 1.82) is 0 Å². The Labute approximate surface area is 140 Å². The van der Waals surface area contributed by atoms with Crippen molar-refractivity contribution in [1.82, 2.24) is 9.88 Å². The lowest BCUT2D eigenvalue weighted by Crippen LogP contribution is -2.39. The molecule has 0 spiro atoms. The summed E-state index contributed by atoms with van der Waals surface area (Å²) >= 11 is 0. The Morgan fingerprint density at radius 3 is 2.75 bits per heavy atom. The van der Waals surface area contributed by atoms with Gasteiger partial charge in [-0.1, -0.05) is 18.2 Å². The van der Waals surface area contributed by atoms with Gasteiger partial charge in [0.25, 0.3) is 0 Å². The highest BCUT2D eigenvalue weighted by atomic mass is 19.3. The molecule has 1 fully saturated rings. The topological polar surface area (TPSA) is 34.6 Å². The number of hydrogen-bond donors (Lipinski definition) is 0. The molecule has 1 aromatic carbocycles. The summed E-state index contributed by atoms with van der Waals surface area (Å²) in [5, 5.41) is 0. The lowest BCUT2D eigenvalue weighted by atomic mass is 10.1. The third-order valence-corrected chi connectivity index (χ3v) is 4.04. The summed E-state index contributed by atoms with van der Waals surface area (Å²) in [6, 6.07) is 12.6. The molecule has 0 N–H and O–H groups in total. The van der Waals surface area contributed by atoms with E-state index in [1.54, 1.807) is 30.5 Å². The molecule has 128 valence electrons. The van der Waals surface area contributed by atoms with Crippen LogP contribution in [0.25, 0.3) is 0 Å². The molecule has 0 radical (unpaired) electrons. The quantitative estimate of drug-likeness (QED) is 0.812. The van der Waals surface area contributed by atoms with Gasteiger partial charge in [-0.2, -0.15) is 8.78 Å². The fraction of sp³-hybridized carbons (Fsp3) is 0.389. The zero-order valence-electron chi connectivity index (χ0n) is 13.3. The average molecular weight is 334 g/mol. The number of hydrogen-bond acceptors (Lipinski definition) is 4. The Morgan fingerprint density at radius 2 is 2.04 bits per heavy atom. The van der Waals surface area contributed by atoms with Crippen LogP contribution in [0, 0.1) is 0 Å². The summed E-state index contributed by atoms with van der Waals surface area (Å²) in [7, 11) is 0. The van der Waals surface area contributed by atoms with Gasteiger partial charge in [0.1, 0.15) is 5.75 Å². The molecule has 4 nitrogen and oxygen atoms in total. The Balaban J connectivity index is 1.55. The van der Waals surface area contributed by atoms with Crippen molar-refractivity contribution in [2.24, 2.45) is 0 Å². The number of benzene rings is 1. The monoisotopic (exact) mass is 334 g/mol. The molecule has 24 heavy (non-hydrogen) atoms. The van der Waals surface area contributed by atoms with Gasteiger partial charge in [0.2, 0.25) is 0 Å². The molecule has 0 aliphatic carbocycles. The van der Waals surface area contributed by atoms with Gasteiger partial charge in [-0.25, -0.2) is 0 Å². The summed E-state index contributed by atoms with van der Waals surface area (Å²) < 4.78 is 34.6. The number of nitrogens with zero attached hydrogens (tertiary/aromatic N) is 2. The second-order valence-electron chi connectivity index (χ2n) is 5.68. The van der Waals surface area contributed by atoms with Gasteiger partial charge in [-0.3, -0.25) is 9.88 Å². The minimum atomic E-state index is -2.80. The Bertz CT molecular complexity index is 623. The molecule has 1 unspecified atom stereocenters. The van der Waals surface area contributed by atoms with Crippen LogP contribution in [0.4, 0.5) is 8.78 Å². The van der Waals surface area contributed by atoms with Crippen molar-refractivity contribution in [2.75, 3.05) is 26.2 Å². The fourth-order valence-electron chi connectivity index (χ4n) is 2.79. The maximum atomic E-state index is 12.2. The highest BCUT2D eigenvalue weighted by Crippen LogP contribution is 2.25. The number of aromatic nitrogens is 1. The minimum absolute atomic E-state index is 0.0527. The second kappa shape index (κ2) is 8.17. The van der Waals surface area contributed by atoms with E-state index in [0.29, 0.717) is 6.61 Å². The molecular formula is C18H20F2N2O2. The molecule has 0 bridgehead atoms. The van der Waals surface area contributed by atoms with E-state index in [9.17, 15) is 8.78 Å². The van der Waals surface area contributed by atoms with Gasteiger partial charge < -0.3 is 9.47 Å². The van der Waals surface area contributed by atoms with Gasteiger partial charge in [0.15, 0.2) is 0 Å². The molecule has 3 rings (SSSR count). The number of alkyl halides is 2. The van der Waals surface area contributed by atoms with E-state index in [1.165, 1.54) is 0 Å². The van der Waals surface area contributed by atoms with E-state index in [1.807, 2.05) is 18.2 Å². The average Bonchev–Trinajstić information content (AvgIpc) is 2.61. The van der Waals surface area contributed by atoms with Crippen molar-refractivity contribution in [3.8, 4) is 5.75 Å². The Morgan fingerprint density at radius 1 is 1.21 bits per heavy atom. The third kappa shape index (κ3) is 4.72. The smallest absolute Gasteiger partial charge is 0.387 e. The summed E-state index contributed by atoms with van der Waals surface area (Å²) in [4.78, 5) is 6.68. The predicted octanol–water partition coefficient (Wildman–Crippen LogP) is 3.30.